The fourth-order valence-electron chi connectivity index (χ4n) is 1.90. The monoisotopic (exact) mass is 303 g/mol. The number of nitrogens with one attached hydrogen (secondary N) is 1. The molecule has 0 bridgehead atoms. The van der Waals surface area contributed by atoms with Crippen LogP contribution in [0, 0.1) is 0 Å². The van der Waals surface area contributed by atoms with Gasteiger partial charge < -0.3 is 5.32 Å². The molecule has 1 aromatic heterocycles. The summed E-state index contributed by atoms with van der Waals surface area (Å²) in [7, 11) is -4.46. The van der Waals surface area contributed by atoms with Crippen molar-refractivity contribution >= 4 is 26.6 Å². The molecule has 0 radical (unpaired) electrons. The Balaban J connectivity index is 2.31. The molecule has 0 saturated carbocycles. The number of hydrogen-bond donors (Lipinski definition) is 1. The SMILES string of the molecule is CCNc1ncccc1S(=O)(=O)N1CCS(=O)CC1. The molecule has 0 aliphatic carbocycles. The zero-order valence-corrected chi connectivity index (χ0v) is 12.3. The van der Waals surface area contributed by atoms with E-state index in [1.807, 2.05) is 6.92 Å². The maximum Gasteiger partial charge on any atom is 0.246 e. The second kappa shape index (κ2) is 5.98. The van der Waals surface area contributed by atoms with E-state index in [-0.39, 0.29) is 4.90 Å². The molecule has 1 aliphatic rings. The van der Waals surface area contributed by atoms with Crippen LogP contribution in [0.5, 0.6) is 0 Å². The molecule has 1 aromatic rings. The second-order valence-corrected chi connectivity index (χ2v) is 7.74. The largest absolute Gasteiger partial charge is 0.369 e. The van der Waals surface area contributed by atoms with E-state index in [4.69, 9.17) is 0 Å². The smallest absolute Gasteiger partial charge is 0.246 e. The summed E-state index contributed by atoms with van der Waals surface area (Å²) >= 11 is 0. The maximum atomic E-state index is 12.5. The van der Waals surface area contributed by atoms with Crippen LogP contribution in [0.1, 0.15) is 6.92 Å². The number of aromatic nitrogens is 1. The van der Waals surface area contributed by atoms with Gasteiger partial charge in [0, 0.05) is 48.1 Å². The van der Waals surface area contributed by atoms with Crippen molar-refractivity contribution < 1.29 is 12.6 Å². The summed E-state index contributed by atoms with van der Waals surface area (Å²) in [6, 6.07) is 3.15. The van der Waals surface area contributed by atoms with Gasteiger partial charge in [0.2, 0.25) is 10.0 Å². The molecule has 106 valence electrons. The van der Waals surface area contributed by atoms with Crippen LogP contribution >= 0.6 is 0 Å². The molecule has 0 amide bonds. The van der Waals surface area contributed by atoms with Crippen LogP contribution in [0.25, 0.3) is 0 Å². The molecule has 19 heavy (non-hydrogen) atoms. The van der Waals surface area contributed by atoms with Gasteiger partial charge in [0.15, 0.2) is 0 Å². The standard InChI is InChI=1S/C11H17N3O3S2/c1-2-12-11-10(4-3-5-13-11)19(16,17)14-6-8-18(15)9-7-14/h3-5H,2,6-9H2,1H3,(H,12,13). The molecule has 6 nitrogen and oxygen atoms in total. The lowest BCUT2D eigenvalue weighted by atomic mass is 10.4. The maximum absolute atomic E-state index is 12.5. The van der Waals surface area contributed by atoms with E-state index in [1.54, 1.807) is 18.3 Å². The molecular formula is C11H17N3O3S2. The molecule has 2 rings (SSSR count). The van der Waals surface area contributed by atoms with Gasteiger partial charge in [0.05, 0.1) is 0 Å². The highest BCUT2D eigenvalue weighted by Gasteiger charge is 2.30. The summed E-state index contributed by atoms with van der Waals surface area (Å²) in [4.78, 5) is 4.25. The third-order valence-electron chi connectivity index (χ3n) is 2.87. The Morgan fingerprint density at radius 3 is 2.74 bits per heavy atom. The minimum atomic E-state index is -3.56. The number of hydrogen-bond acceptors (Lipinski definition) is 5. The first-order valence-electron chi connectivity index (χ1n) is 6.09. The van der Waals surface area contributed by atoms with E-state index in [0.29, 0.717) is 37.0 Å². The quantitative estimate of drug-likeness (QED) is 0.863. The van der Waals surface area contributed by atoms with Crippen LogP contribution in [-0.2, 0) is 20.8 Å². The molecule has 0 spiro atoms. The molecular weight excluding hydrogens is 286 g/mol. The van der Waals surface area contributed by atoms with E-state index in [0.717, 1.165) is 0 Å². The summed E-state index contributed by atoms with van der Waals surface area (Å²) in [5.74, 6) is 1.17. The van der Waals surface area contributed by atoms with E-state index in [9.17, 15) is 12.6 Å². The van der Waals surface area contributed by atoms with Crippen molar-refractivity contribution in [3.05, 3.63) is 18.3 Å². The van der Waals surface area contributed by atoms with E-state index in [1.165, 1.54) is 4.31 Å². The van der Waals surface area contributed by atoms with Gasteiger partial charge in [0.1, 0.15) is 10.7 Å². The first-order valence-corrected chi connectivity index (χ1v) is 9.02. The predicted molar refractivity (Wildman–Crippen MR) is 75.0 cm³/mol. The lowest BCUT2D eigenvalue weighted by Gasteiger charge is -2.26. The molecule has 0 aromatic carbocycles. The predicted octanol–water partition coefficient (Wildman–Crippen LogP) is 0.266. The van der Waals surface area contributed by atoms with Crippen molar-refractivity contribution in [2.24, 2.45) is 0 Å². The summed E-state index contributed by atoms with van der Waals surface area (Å²) in [5, 5.41) is 2.95. The molecule has 1 aliphatic heterocycles. The van der Waals surface area contributed by atoms with Gasteiger partial charge in [-0.1, -0.05) is 0 Å². The van der Waals surface area contributed by atoms with Gasteiger partial charge in [0.25, 0.3) is 0 Å². The van der Waals surface area contributed by atoms with Gasteiger partial charge in [-0.2, -0.15) is 4.31 Å². The number of sulfonamides is 1. The van der Waals surface area contributed by atoms with E-state index in [2.05, 4.69) is 10.3 Å². The summed E-state index contributed by atoms with van der Waals surface area (Å²) in [5.41, 5.74) is 0. The average Bonchev–Trinajstić information content (AvgIpc) is 2.40. The van der Waals surface area contributed by atoms with Crippen LogP contribution < -0.4 is 5.32 Å². The highest BCUT2D eigenvalue weighted by molar-refractivity contribution is 7.89. The van der Waals surface area contributed by atoms with E-state index >= 15 is 0 Å². The number of nitrogens with zero attached hydrogens (tertiary/aromatic N) is 2. The number of anilines is 1. The minimum Gasteiger partial charge on any atom is -0.369 e. The lowest BCUT2D eigenvalue weighted by Crippen LogP contribution is -2.41. The Kier molecular flexibility index (Phi) is 4.54. The van der Waals surface area contributed by atoms with Crippen LogP contribution in [0.15, 0.2) is 23.2 Å². The molecule has 1 fully saturated rings. The van der Waals surface area contributed by atoms with Gasteiger partial charge in [-0.15, -0.1) is 0 Å². The molecule has 0 unspecified atom stereocenters. The van der Waals surface area contributed by atoms with Gasteiger partial charge in [-0.05, 0) is 19.1 Å². The topological polar surface area (TPSA) is 79.4 Å². The Bertz CT molecular complexity index is 564. The third kappa shape index (κ3) is 3.13. The van der Waals surface area contributed by atoms with Gasteiger partial charge in [-0.25, -0.2) is 13.4 Å². The van der Waals surface area contributed by atoms with Crippen molar-refractivity contribution in [3.63, 3.8) is 0 Å². The van der Waals surface area contributed by atoms with Crippen molar-refractivity contribution in [2.75, 3.05) is 36.5 Å². The summed E-state index contributed by atoms with van der Waals surface area (Å²) in [6.45, 7) is 3.09. The Morgan fingerprint density at radius 1 is 1.42 bits per heavy atom. The van der Waals surface area contributed by atoms with Crippen LogP contribution in [0.2, 0.25) is 0 Å². The van der Waals surface area contributed by atoms with Gasteiger partial charge >= 0.3 is 0 Å². The lowest BCUT2D eigenvalue weighted by molar-refractivity contribution is 0.439. The summed E-state index contributed by atoms with van der Waals surface area (Å²) < 4.78 is 37.8. The molecule has 0 atom stereocenters. The Hall–Kier alpha value is -0.990. The first kappa shape index (κ1) is 14.4. The second-order valence-electron chi connectivity index (χ2n) is 4.13. The Morgan fingerprint density at radius 2 is 2.11 bits per heavy atom. The van der Waals surface area contributed by atoms with Crippen molar-refractivity contribution in [1.82, 2.24) is 9.29 Å². The fourth-order valence-corrected chi connectivity index (χ4v) is 4.74. The fraction of sp³-hybridized carbons (Fsp3) is 0.545. The third-order valence-corrected chi connectivity index (χ3v) is 6.08. The Labute approximate surface area is 115 Å². The van der Waals surface area contributed by atoms with Crippen LogP contribution in [0.4, 0.5) is 5.82 Å². The minimum absolute atomic E-state index is 0.185. The molecule has 1 N–H and O–H groups in total. The highest BCUT2D eigenvalue weighted by atomic mass is 32.2. The summed E-state index contributed by atoms with van der Waals surface area (Å²) in [6.07, 6.45) is 1.56. The molecule has 2 heterocycles. The van der Waals surface area contributed by atoms with Crippen molar-refractivity contribution in [2.45, 2.75) is 11.8 Å². The van der Waals surface area contributed by atoms with E-state index < -0.39 is 20.8 Å². The number of rotatable bonds is 4. The first-order chi connectivity index (χ1) is 9.05. The zero-order chi connectivity index (χ0) is 13.9. The van der Waals surface area contributed by atoms with Crippen molar-refractivity contribution in [1.29, 1.82) is 0 Å². The average molecular weight is 303 g/mol. The molecule has 1 saturated heterocycles. The van der Waals surface area contributed by atoms with Gasteiger partial charge in [-0.3, -0.25) is 4.21 Å². The van der Waals surface area contributed by atoms with Crippen molar-refractivity contribution in [3.8, 4) is 0 Å². The zero-order valence-electron chi connectivity index (χ0n) is 10.7. The van der Waals surface area contributed by atoms with Crippen LogP contribution in [0.3, 0.4) is 0 Å². The van der Waals surface area contributed by atoms with Crippen LogP contribution in [-0.4, -0.2) is 53.1 Å². The highest BCUT2D eigenvalue weighted by Crippen LogP contribution is 2.23. The number of pyridine rings is 1. The molecule has 8 heteroatoms. The normalized spacial score (nSPS) is 18.4.